The number of nitrogens with zero attached hydrogens (tertiary/aromatic N) is 2. The van der Waals surface area contributed by atoms with E-state index in [4.69, 9.17) is 4.74 Å². The molecule has 1 aromatic carbocycles. The number of anilines is 1. The number of benzene rings is 1. The highest BCUT2D eigenvalue weighted by Crippen LogP contribution is 2.14. The van der Waals surface area contributed by atoms with Gasteiger partial charge in [-0.05, 0) is 18.1 Å². The van der Waals surface area contributed by atoms with Crippen molar-refractivity contribution < 1.29 is 9.13 Å². The lowest BCUT2D eigenvalue weighted by molar-refractivity contribution is 0.181. The maximum atomic E-state index is 13.7. The first-order valence-electron chi connectivity index (χ1n) is 7.06. The Bertz CT molecular complexity index is 589. The van der Waals surface area contributed by atoms with E-state index in [1.54, 1.807) is 19.2 Å². The summed E-state index contributed by atoms with van der Waals surface area (Å²) in [5, 5.41) is 3.23. The Morgan fingerprint density at radius 1 is 1.24 bits per heavy atom. The van der Waals surface area contributed by atoms with Gasteiger partial charge in [-0.1, -0.05) is 25.1 Å². The first kappa shape index (κ1) is 15.4. The van der Waals surface area contributed by atoms with Crippen molar-refractivity contribution in [3.8, 4) is 0 Å². The van der Waals surface area contributed by atoms with Gasteiger partial charge in [-0.25, -0.2) is 14.4 Å². The third kappa shape index (κ3) is 4.49. The zero-order valence-corrected chi connectivity index (χ0v) is 12.4. The molecule has 0 amide bonds. The third-order valence-electron chi connectivity index (χ3n) is 2.98. The number of halogens is 1. The quantitative estimate of drug-likeness (QED) is 0.850. The fourth-order valence-corrected chi connectivity index (χ4v) is 2.01. The molecule has 1 heterocycles. The molecule has 2 rings (SSSR count). The molecule has 4 nitrogen and oxygen atoms in total. The van der Waals surface area contributed by atoms with Gasteiger partial charge in [-0.3, -0.25) is 0 Å². The molecule has 0 aliphatic carbocycles. The molecule has 0 spiro atoms. The Balaban J connectivity index is 2.24. The number of hydrogen-bond acceptors (Lipinski definition) is 4. The van der Waals surface area contributed by atoms with Crippen molar-refractivity contribution in [3.63, 3.8) is 0 Å². The van der Waals surface area contributed by atoms with Crippen LogP contribution in [0.25, 0.3) is 0 Å². The summed E-state index contributed by atoms with van der Waals surface area (Å²) in [6.45, 7) is 3.33. The summed E-state index contributed by atoms with van der Waals surface area (Å²) in [5.41, 5.74) is 1.38. The van der Waals surface area contributed by atoms with E-state index in [0.29, 0.717) is 24.4 Å². The smallest absolute Gasteiger partial charge is 0.135 e. The molecule has 0 unspecified atom stereocenters. The highest BCUT2D eigenvalue weighted by molar-refractivity contribution is 5.36. The first-order chi connectivity index (χ1) is 10.2. The maximum Gasteiger partial charge on any atom is 0.135 e. The van der Waals surface area contributed by atoms with Crippen molar-refractivity contribution in [1.29, 1.82) is 0 Å². The number of ether oxygens (including phenoxy) is 1. The topological polar surface area (TPSA) is 47.0 Å². The maximum absolute atomic E-state index is 13.7. The zero-order chi connectivity index (χ0) is 15.1. The van der Waals surface area contributed by atoms with E-state index in [1.807, 2.05) is 12.1 Å². The minimum absolute atomic E-state index is 0.235. The van der Waals surface area contributed by atoms with Gasteiger partial charge in [0.25, 0.3) is 0 Å². The molecular weight excluding hydrogens is 269 g/mol. The SMILES string of the molecule is CCCNc1cc(COC)nc(Cc2ccccc2F)n1. The summed E-state index contributed by atoms with van der Waals surface area (Å²) in [7, 11) is 1.62. The fraction of sp³-hybridized carbons (Fsp3) is 0.375. The number of rotatable bonds is 7. The molecule has 1 N–H and O–H groups in total. The van der Waals surface area contributed by atoms with E-state index in [9.17, 15) is 4.39 Å². The van der Waals surface area contributed by atoms with Crippen molar-refractivity contribution >= 4 is 5.82 Å². The number of aromatic nitrogens is 2. The molecule has 0 saturated carbocycles. The molecule has 1 aromatic heterocycles. The van der Waals surface area contributed by atoms with E-state index in [2.05, 4.69) is 22.2 Å². The summed E-state index contributed by atoms with van der Waals surface area (Å²) in [4.78, 5) is 8.87. The van der Waals surface area contributed by atoms with Gasteiger partial charge in [0, 0.05) is 26.1 Å². The molecular formula is C16H20FN3O. The van der Waals surface area contributed by atoms with Crippen LogP contribution < -0.4 is 5.32 Å². The second-order valence-electron chi connectivity index (χ2n) is 4.79. The van der Waals surface area contributed by atoms with Crippen molar-refractivity contribution in [3.05, 3.63) is 53.2 Å². The van der Waals surface area contributed by atoms with Gasteiger partial charge in [0.1, 0.15) is 17.5 Å². The fourth-order valence-electron chi connectivity index (χ4n) is 2.01. The van der Waals surface area contributed by atoms with Crippen LogP contribution in [-0.4, -0.2) is 23.6 Å². The zero-order valence-electron chi connectivity index (χ0n) is 12.4. The second kappa shape index (κ2) is 7.69. The Morgan fingerprint density at radius 2 is 2.05 bits per heavy atom. The molecule has 21 heavy (non-hydrogen) atoms. The van der Waals surface area contributed by atoms with E-state index in [0.717, 1.165) is 24.5 Å². The van der Waals surface area contributed by atoms with Crippen LogP contribution in [0, 0.1) is 5.82 Å². The number of hydrogen-bond donors (Lipinski definition) is 1. The van der Waals surface area contributed by atoms with Gasteiger partial charge in [-0.15, -0.1) is 0 Å². The van der Waals surface area contributed by atoms with E-state index in [1.165, 1.54) is 6.07 Å². The van der Waals surface area contributed by atoms with Gasteiger partial charge in [0.15, 0.2) is 0 Å². The van der Waals surface area contributed by atoms with Crippen LogP contribution in [0.3, 0.4) is 0 Å². The van der Waals surface area contributed by atoms with Crippen molar-refractivity contribution in [1.82, 2.24) is 9.97 Å². The van der Waals surface area contributed by atoms with Crippen LogP contribution in [0.5, 0.6) is 0 Å². The molecule has 0 atom stereocenters. The minimum atomic E-state index is -0.235. The molecule has 0 saturated heterocycles. The second-order valence-corrected chi connectivity index (χ2v) is 4.79. The van der Waals surface area contributed by atoms with Gasteiger partial charge < -0.3 is 10.1 Å². The van der Waals surface area contributed by atoms with Crippen LogP contribution >= 0.6 is 0 Å². The highest BCUT2D eigenvalue weighted by atomic mass is 19.1. The Hall–Kier alpha value is -2.01. The summed E-state index contributed by atoms with van der Waals surface area (Å²) in [6, 6.07) is 8.55. The minimum Gasteiger partial charge on any atom is -0.378 e. The largest absolute Gasteiger partial charge is 0.378 e. The summed E-state index contributed by atoms with van der Waals surface area (Å²) in [6.07, 6.45) is 1.37. The lowest BCUT2D eigenvalue weighted by Gasteiger charge is -2.09. The molecule has 2 aromatic rings. The van der Waals surface area contributed by atoms with Gasteiger partial charge in [0.05, 0.1) is 12.3 Å². The summed E-state index contributed by atoms with van der Waals surface area (Å²) in [5.74, 6) is 1.11. The molecule has 0 radical (unpaired) electrons. The third-order valence-corrected chi connectivity index (χ3v) is 2.98. The van der Waals surface area contributed by atoms with E-state index >= 15 is 0 Å². The number of nitrogens with one attached hydrogen (secondary N) is 1. The molecule has 0 aliphatic heterocycles. The van der Waals surface area contributed by atoms with Crippen molar-refractivity contribution in [2.24, 2.45) is 0 Å². The number of methoxy groups -OCH3 is 1. The van der Waals surface area contributed by atoms with Crippen molar-refractivity contribution in [2.45, 2.75) is 26.4 Å². The van der Waals surface area contributed by atoms with E-state index < -0.39 is 0 Å². The van der Waals surface area contributed by atoms with Gasteiger partial charge >= 0.3 is 0 Å². The standard InChI is InChI=1S/C16H20FN3O/c1-3-8-18-15-10-13(11-21-2)19-16(20-15)9-12-6-4-5-7-14(12)17/h4-7,10H,3,8-9,11H2,1-2H3,(H,18,19,20). The molecule has 0 aliphatic rings. The summed E-state index contributed by atoms with van der Waals surface area (Å²) < 4.78 is 18.9. The van der Waals surface area contributed by atoms with Crippen LogP contribution in [0.1, 0.15) is 30.4 Å². The monoisotopic (exact) mass is 289 g/mol. The van der Waals surface area contributed by atoms with Crippen LogP contribution in [0.4, 0.5) is 10.2 Å². The highest BCUT2D eigenvalue weighted by Gasteiger charge is 2.08. The normalized spacial score (nSPS) is 10.6. The predicted molar refractivity (Wildman–Crippen MR) is 80.7 cm³/mol. The molecule has 0 fully saturated rings. The molecule has 112 valence electrons. The van der Waals surface area contributed by atoms with E-state index in [-0.39, 0.29) is 5.82 Å². The Kier molecular flexibility index (Phi) is 5.63. The average Bonchev–Trinajstić information content (AvgIpc) is 2.48. The molecule has 0 bridgehead atoms. The predicted octanol–water partition coefficient (Wildman–Crippen LogP) is 3.17. The van der Waals surface area contributed by atoms with Crippen LogP contribution in [0.15, 0.2) is 30.3 Å². The Morgan fingerprint density at radius 3 is 2.76 bits per heavy atom. The lowest BCUT2D eigenvalue weighted by Crippen LogP contribution is -2.08. The van der Waals surface area contributed by atoms with Crippen LogP contribution in [0.2, 0.25) is 0 Å². The molecule has 5 heteroatoms. The average molecular weight is 289 g/mol. The first-order valence-corrected chi connectivity index (χ1v) is 7.06. The summed E-state index contributed by atoms with van der Waals surface area (Å²) >= 11 is 0. The Labute approximate surface area is 124 Å². The van der Waals surface area contributed by atoms with Crippen molar-refractivity contribution in [2.75, 3.05) is 19.0 Å². The van der Waals surface area contributed by atoms with Gasteiger partial charge in [-0.2, -0.15) is 0 Å². The lowest BCUT2D eigenvalue weighted by atomic mass is 10.1. The van der Waals surface area contributed by atoms with Gasteiger partial charge in [0.2, 0.25) is 0 Å². The van der Waals surface area contributed by atoms with Crippen LogP contribution in [-0.2, 0) is 17.8 Å².